The van der Waals surface area contributed by atoms with E-state index in [4.69, 9.17) is 0 Å². The van der Waals surface area contributed by atoms with Gasteiger partial charge in [-0.3, -0.25) is 9.78 Å². The molecule has 2 aromatic rings. The fourth-order valence-electron chi connectivity index (χ4n) is 2.73. The number of hydrogen-bond acceptors (Lipinski definition) is 3. The summed E-state index contributed by atoms with van der Waals surface area (Å²) in [6.45, 7) is 2.03. The number of hydrogen-bond donors (Lipinski definition) is 2. The molecule has 1 aromatic carbocycles. The molecule has 4 heteroatoms. The van der Waals surface area contributed by atoms with E-state index in [-0.39, 0.29) is 5.91 Å². The predicted octanol–water partition coefficient (Wildman–Crippen LogP) is 2.56. The Bertz CT molecular complexity index is 605. The molecule has 1 aromatic heterocycles. The van der Waals surface area contributed by atoms with Gasteiger partial charge in [-0.1, -0.05) is 6.07 Å². The Labute approximate surface area is 118 Å². The lowest BCUT2D eigenvalue weighted by Crippen LogP contribution is -2.32. The molecule has 20 heavy (non-hydrogen) atoms. The van der Waals surface area contributed by atoms with Crippen LogP contribution in [0.2, 0.25) is 0 Å². The van der Waals surface area contributed by atoms with Gasteiger partial charge >= 0.3 is 0 Å². The van der Waals surface area contributed by atoms with E-state index in [1.165, 1.54) is 6.42 Å². The second kappa shape index (κ2) is 6.01. The van der Waals surface area contributed by atoms with Crippen molar-refractivity contribution in [2.24, 2.45) is 5.92 Å². The molecular weight excluding hydrogens is 250 g/mol. The average Bonchev–Trinajstić information content (AvgIpc) is 2.48. The van der Waals surface area contributed by atoms with Crippen molar-refractivity contribution < 1.29 is 4.79 Å². The van der Waals surface area contributed by atoms with Gasteiger partial charge in [0.25, 0.3) is 0 Å². The van der Waals surface area contributed by atoms with Crippen molar-refractivity contribution in [1.29, 1.82) is 0 Å². The third kappa shape index (κ3) is 3.14. The fourth-order valence-corrected chi connectivity index (χ4v) is 2.73. The Kier molecular flexibility index (Phi) is 3.92. The lowest BCUT2D eigenvalue weighted by Gasteiger charge is -2.22. The first-order valence-corrected chi connectivity index (χ1v) is 7.16. The largest absolute Gasteiger partial charge is 0.326 e. The molecule has 0 saturated carbocycles. The zero-order chi connectivity index (χ0) is 13.8. The van der Waals surface area contributed by atoms with E-state index in [1.807, 2.05) is 30.3 Å². The van der Waals surface area contributed by atoms with Crippen molar-refractivity contribution in [3.8, 4) is 0 Å². The first-order chi connectivity index (χ1) is 9.81. The van der Waals surface area contributed by atoms with Crippen LogP contribution in [0.1, 0.15) is 19.3 Å². The number of fused-ring (bicyclic) bond motifs is 1. The van der Waals surface area contributed by atoms with Gasteiger partial charge < -0.3 is 10.6 Å². The number of nitrogens with zero attached hydrogens (tertiary/aromatic N) is 1. The molecule has 1 atom stereocenters. The van der Waals surface area contributed by atoms with Crippen LogP contribution in [-0.2, 0) is 4.79 Å². The lowest BCUT2D eigenvalue weighted by molar-refractivity contribution is -0.117. The van der Waals surface area contributed by atoms with Gasteiger partial charge in [0.15, 0.2) is 0 Å². The van der Waals surface area contributed by atoms with E-state index in [2.05, 4.69) is 15.6 Å². The molecule has 3 rings (SSSR count). The molecule has 1 amide bonds. The SMILES string of the molecule is O=C(CC1CCCNC1)Nc1ccc2ncccc2c1. The van der Waals surface area contributed by atoms with Crippen molar-refractivity contribution in [3.05, 3.63) is 36.5 Å². The Morgan fingerprint density at radius 1 is 1.40 bits per heavy atom. The normalized spacial score (nSPS) is 18.9. The summed E-state index contributed by atoms with van der Waals surface area (Å²) >= 11 is 0. The highest BCUT2D eigenvalue weighted by Gasteiger charge is 2.16. The van der Waals surface area contributed by atoms with Gasteiger partial charge in [-0.05, 0) is 56.1 Å². The number of carbonyl (C=O) groups excluding carboxylic acids is 1. The van der Waals surface area contributed by atoms with Crippen molar-refractivity contribution >= 4 is 22.5 Å². The number of nitrogens with one attached hydrogen (secondary N) is 2. The van der Waals surface area contributed by atoms with Crippen LogP contribution in [0.5, 0.6) is 0 Å². The minimum absolute atomic E-state index is 0.0990. The molecule has 0 aliphatic carbocycles. The van der Waals surface area contributed by atoms with E-state index in [0.29, 0.717) is 12.3 Å². The first-order valence-electron chi connectivity index (χ1n) is 7.16. The van der Waals surface area contributed by atoms with Crippen molar-refractivity contribution in [2.45, 2.75) is 19.3 Å². The molecule has 1 unspecified atom stereocenters. The average molecular weight is 269 g/mol. The maximum absolute atomic E-state index is 12.1. The lowest BCUT2D eigenvalue weighted by atomic mass is 9.96. The number of benzene rings is 1. The molecule has 0 spiro atoms. The van der Waals surface area contributed by atoms with Crippen LogP contribution in [-0.4, -0.2) is 24.0 Å². The number of rotatable bonds is 3. The molecule has 0 radical (unpaired) electrons. The van der Waals surface area contributed by atoms with Crippen molar-refractivity contribution in [3.63, 3.8) is 0 Å². The highest BCUT2D eigenvalue weighted by molar-refractivity contribution is 5.93. The van der Waals surface area contributed by atoms with Crippen molar-refractivity contribution in [1.82, 2.24) is 10.3 Å². The molecule has 4 nitrogen and oxygen atoms in total. The van der Waals surface area contributed by atoms with E-state index in [0.717, 1.165) is 36.1 Å². The Balaban J connectivity index is 1.64. The first kappa shape index (κ1) is 13.1. The minimum Gasteiger partial charge on any atom is -0.326 e. The highest BCUT2D eigenvalue weighted by atomic mass is 16.1. The number of piperidine rings is 1. The minimum atomic E-state index is 0.0990. The summed E-state index contributed by atoms with van der Waals surface area (Å²) < 4.78 is 0. The zero-order valence-electron chi connectivity index (χ0n) is 11.4. The summed E-state index contributed by atoms with van der Waals surface area (Å²) in [6.07, 6.45) is 4.68. The van der Waals surface area contributed by atoms with Gasteiger partial charge in [-0.2, -0.15) is 0 Å². The molecule has 0 bridgehead atoms. The third-order valence-electron chi connectivity index (χ3n) is 3.76. The maximum Gasteiger partial charge on any atom is 0.224 e. The second-order valence-electron chi connectivity index (χ2n) is 5.38. The van der Waals surface area contributed by atoms with Crippen LogP contribution >= 0.6 is 0 Å². The molecule has 2 N–H and O–H groups in total. The van der Waals surface area contributed by atoms with Gasteiger partial charge in [-0.15, -0.1) is 0 Å². The van der Waals surface area contributed by atoms with E-state index in [1.54, 1.807) is 6.20 Å². The molecule has 1 aliphatic heterocycles. The maximum atomic E-state index is 12.1. The standard InChI is InChI=1S/C16H19N3O/c20-16(9-12-3-1-7-17-11-12)19-14-5-6-15-13(10-14)4-2-8-18-15/h2,4-6,8,10,12,17H,1,3,7,9,11H2,(H,19,20). The van der Waals surface area contributed by atoms with Crippen LogP contribution in [0.4, 0.5) is 5.69 Å². The van der Waals surface area contributed by atoms with Gasteiger partial charge in [0.1, 0.15) is 0 Å². The van der Waals surface area contributed by atoms with Crippen LogP contribution in [0.25, 0.3) is 10.9 Å². The monoisotopic (exact) mass is 269 g/mol. The summed E-state index contributed by atoms with van der Waals surface area (Å²) in [5, 5.41) is 7.37. The van der Waals surface area contributed by atoms with Crippen molar-refractivity contribution in [2.75, 3.05) is 18.4 Å². The summed E-state index contributed by atoms with van der Waals surface area (Å²) in [4.78, 5) is 16.3. The van der Waals surface area contributed by atoms with Crippen LogP contribution in [0, 0.1) is 5.92 Å². The number of carbonyl (C=O) groups is 1. The molecule has 104 valence electrons. The number of pyridine rings is 1. The quantitative estimate of drug-likeness (QED) is 0.900. The topological polar surface area (TPSA) is 54.0 Å². The Hall–Kier alpha value is -1.94. The molecule has 1 fully saturated rings. The highest BCUT2D eigenvalue weighted by Crippen LogP contribution is 2.19. The number of aromatic nitrogens is 1. The van der Waals surface area contributed by atoms with Crippen LogP contribution in [0.3, 0.4) is 0 Å². The summed E-state index contributed by atoms with van der Waals surface area (Å²) in [5.74, 6) is 0.563. The van der Waals surface area contributed by atoms with Gasteiger partial charge in [-0.25, -0.2) is 0 Å². The summed E-state index contributed by atoms with van der Waals surface area (Å²) in [5.41, 5.74) is 1.79. The predicted molar refractivity (Wildman–Crippen MR) is 80.6 cm³/mol. The van der Waals surface area contributed by atoms with Crippen LogP contribution < -0.4 is 10.6 Å². The fraction of sp³-hybridized carbons (Fsp3) is 0.375. The summed E-state index contributed by atoms with van der Waals surface area (Å²) in [7, 11) is 0. The molecular formula is C16H19N3O. The van der Waals surface area contributed by atoms with E-state index in [9.17, 15) is 4.79 Å². The molecule has 1 saturated heterocycles. The van der Waals surface area contributed by atoms with Crippen LogP contribution in [0.15, 0.2) is 36.5 Å². The van der Waals surface area contributed by atoms with E-state index < -0.39 is 0 Å². The Morgan fingerprint density at radius 3 is 3.20 bits per heavy atom. The summed E-state index contributed by atoms with van der Waals surface area (Å²) in [6, 6.07) is 9.73. The Morgan fingerprint density at radius 2 is 2.35 bits per heavy atom. The number of anilines is 1. The number of amides is 1. The smallest absolute Gasteiger partial charge is 0.224 e. The van der Waals surface area contributed by atoms with E-state index >= 15 is 0 Å². The second-order valence-corrected chi connectivity index (χ2v) is 5.38. The van der Waals surface area contributed by atoms with Gasteiger partial charge in [0.05, 0.1) is 5.52 Å². The van der Waals surface area contributed by atoms with Gasteiger partial charge in [0, 0.05) is 23.7 Å². The zero-order valence-corrected chi connectivity index (χ0v) is 11.4. The van der Waals surface area contributed by atoms with Gasteiger partial charge in [0.2, 0.25) is 5.91 Å². The molecule has 1 aliphatic rings. The molecule has 2 heterocycles. The third-order valence-corrected chi connectivity index (χ3v) is 3.76.